The van der Waals surface area contributed by atoms with Gasteiger partial charge in [0.15, 0.2) is 6.29 Å². The van der Waals surface area contributed by atoms with Gasteiger partial charge in [0.1, 0.15) is 0 Å². The van der Waals surface area contributed by atoms with Crippen LogP contribution in [0.25, 0.3) is 0 Å². The summed E-state index contributed by atoms with van der Waals surface area (Å²) in [5.74, 6) is 0.239. The Bertz CT molecular complexity index is 426. The summed E-state index contributed by atoms with van der Waals surface area (Å²) in [5, 5.41) is 2.98. The maximum atomic E-state index is 12.4. The van der Waals surface area contributed by atoms with E-state index in [0.717, 1.165) is 51.7 Å². The van der Waals surface area contributed by atoms with E-state index in [1.807, 2.05) is 9.80 Å². The number of piperidine rings is 1. The molecule has 0 spiro atoms. The first-order chi connectivity index (χ1) is 11.3. The first kappa shape index (κ1) is 16.5. The van der Waals surface area contributed by atoms with Crippen molar-refractivity contribution in [1.82, 2.24) is 15.1 Å². The minimum atomic E-state index is -0.275. The third kappa shape index (κ3) is 4.14. The van der Waals surface area contributed by atoms with Gasteiger partial charge in [-0.25, -0.2) is 4.79 Å². The van der Waals surface area contributed by atoms with Crippen molar-refractivity contribution in [2.45, 2.75) is 50.9 Å². The molecule has 1 atom stereocenters. The van der Waals surface area contributed by atoms with Gasteiger partial charge in [-0.15, -0.1) is 0 Å². The van der Waals surface area contributed by atoms with Crippen molar-refractivity contribution in [3.05, 3.63) is 0 Å². The topological polar surface area (TPSA) is 71.1 Å². The molecule has 0 saturated carbocycles. The van der Waals surface area contributed by atoms with E-state index >= 15 is 0 Å². The fourth-order valence-corrected chi connectivity index (χ4v) is 3.60. The Labute approximate surface area is 137 Å². The zero-order chi connectivity index (χ0) is 16.1. The van der Waals surface area contributed by atoms with Crippen molar-refractivity contribution in [2.24, 2.45) is 0 Å². The zero-order valence-corrected chi connectivity index (χ0v) is 13.7. The number of urea groups is 1. The summed E-state index contributed by atoms with van der Waals surface area (Å²) in [6.07, 6.45) is 5.22. The van der Waals surface area contributed by atoms with Crippen LogP contribution < -0.4 is 5.32 Å². The van der Waals surface area contributed by atoms with Crippen LogP contribution >= 0.6 is 0 Å². The highest BCUT2D eigenvalue weighted by Crippen LogP contribution is 2.24. The maximum absolute atomic E-state index is 12.4. The monoisotopic (exact) mass is 325 g/mol. The average molecular weight is 325 g/mol. The predicted octanol–water partition coefficient (Wildman–Crippen LogP) is 0.936. The van der Waals surface area contributed by atoms with Crippen LogP contribution in [0.3, 0.4) is 0 Å². The van der Waals surface area contributed by atoms with Crippen molar-refractivity contribution in [2.75, 3.05) is 39.4 Å². The fraction of sp³-hybridized carbons (Fsp3) is 0.875. The van der Waals surface area contributed by atoms with Gasteiger partial charge in [0, 0.05) is 32.6 Å². The fourth-order valence-electron chi connectivity index (χ4n) is 3.60. The van der Waals surface area contributed by atoms with E-state index in [0.29, 0.717) is 26.2 Å². The normalized spacial score (nSPS) is 26.1. The third-order valence-corrected chi connectivity index (χ3v) is 4.82. The Balaban J connectivity index is 1.41. The van der Waals surface area contributed by atoms with Gasteiger partial charge < -0.3 is 24.6 Å². The summed E-state index contributed by atoms with van der Waals surface area (Å²) in [6, 6.07) is -0.0204. The Morgan fingerprint density at radius 3 is 2.74 bits per heavy atom. The largest absolute Gasteiger partial charge is 0.348 e. The molecular weight excluding hydrogens is 298 g/mol. The molecule has 0 aromatic heterocycles. The number of nitrogens with zero attached hydrogens (tertiary/aromatic N) is 2. The molecule has 0 aliphatic carbocycles. The van der Waals surface area contributed by atoms with E-state index in [-0.39, 0.29) is 24.3 Å². The van der Waals surface area contributed by atoms with E-state index < -0.39 is 0 Å². The number of nitrogens with one attached hydrogen (secondary N) is 1. The molecule has 0 aromatic carbocycles. The van der Waals surface area contributed by atoms with Crippen LogP contribution in [0.2, 0.25) is 0 Å². The Morgan fingerprint density at radius 2 is 2.00 bits per heavy atom. The van der Waals surface area contributed by atoms with Crippen molar-refractivity contribution >= 4 is 11.9 Å². The third-order valence-electron chi connectivity index (χ3n) is 4.82. The van der Waals surface area contributed by atoms with Crippen molar-refractivity contribution in [1.29, 1.82) is 0 Å². The van der Waals surface area contributed by atoms with Gasteiger partial charge in [-0.3, -0.25) is 4.79 Å². The highest BCUT2D eigenvalue weighted by atomic mass is 16.7. The van der Waals surface area contributed by atoms with Gasteiger partial charge in [-0.1, -0.05) is 0 Å². The van der Waals surface area contributed by atoms with Crippen LogP contribution in [-0.2, 0) is 14.3 Å². The first-order valence-electron chi connectivity index (χ1n) is 8.81. The lowest BCUT2D eigenvalue weighted by Crippen LogP contribution is -2.53. The number of carbonyl (C=O) groups excluding carboxylic acids is 2. The molecule has 0 unspecified atom stereocenters. The summed E-state index contributed by atoms with van der Waals surface area (Å²) in [6.45, 7) is 4.16. The lowest BCUT2D eigenvalue weighted by molar-refractivity contribution is -0.127. The molecule has 0 bridgehead atoms. The second-order valence-electron chi connectivity index (χ2n) is 6.44. The van der Waals surface area contributed by atoms with Gasteiger partial charge in [0.05, 0.1) is 19.3 Å². The van der Waals surface area contributed by atoms with Crippen LogP contribution in [0, 0.1) is 0 Å². The summed E-state index contributed by atoms with van der Waals surface area (Å²) in [5.41, 5.74) is 0. The average Bonchev–Trinajstić information content (AvgIpc) is 3.23. The zero-order valence-electron chi connectivity index (χ0n) is 13.7. The van der Waals surface area contributed by atoms with E-state index in [2.05, 4.69) is 5.32 Å². The van der Waals surface area contributed by atoms with Crippen LogP contribution in [0.5, 0.6) is 0 Å². The lowest BCUT2D eigenvalue weighted by atomic mass is 10.0. The van der Waals surface area contributed by atoms with Crippen LogP contribution in [0.4, 0.5) is 4.79 Å². The Hall–Kier alpha value is -1.34. The summed E-state index contributed by atoms with van der Waals surface area (Å²) in [7, 11) is 0. The molecule has 130 valence electrons. The summed E-state index contributed by atoms with van der Waals surface area (Å²) in [4.78, 5) is 27.7. The number of likely N-dealkylation sites (tertiary alicyclic amines) is 2. The van der Waals surface area contributed by atoms with Gasteiger partial charge in [0.25, 0.3) is 0 Å². The van der Waals surface area contributed by atoms with Crippen LogP contribution in [0.15, 0.2) is 0 Å². The number of hydrogen-bond acceptors (Lipinski definition) is 4. The second-order valence-corrected chi connectivity index (χ2v) is 6.44. The molecular formula is C16H27N3O4. The van der Waals surface area contributed by atoms with E-state index in [1.54, 1.807) is 0 Å². The molecule has 7 nitrogen and oxygen atoms in total. The number of ether oxygens (including phenoxy) is 2. The predicted molar refractivity (Wildman–Crippen MR) is 83.9 cm³/mol. The number of amides is 3. The molecule has 3 saturated heterocycles. The quantitative estimate of drug-likeness (QED) is 0.764. The molecule has 3 aliphatic heterocycles. The summed E-state index contributed by atoms with van der Waals surface area (Å²) >= 11 is 0. The minimum absolute atomic E-state index is 0.0198. The van der Waals surface area contributed by atoms with Crippen LogP contribution in [0.1, 0.15) is 38.5 Å². The van der Waals surface area contributed by atoms with Crippen molar-refractivity contribution in [3.63, 3.8) is 0 Å². The molecule has 7 heteroatoms. The molecule has 3 amide bonds. The van der Waals surface area contributed by atoms with Crippen LogP contribution in [-0.4, -0.2) is 73.5 Å². The summed E-state index contributed by atoms with van der Waals surface area (Å²) < 4.78 is 11.2. The Morgan fingerprint density at radius 1 is 1.17 bits per heavy atom. The second kappa shape index (κ2) is 7.97. The molecule has 3 aliphatic rings. The van der Waals surface area contributed by atoms with Gasteiger partial charge in [-0.05, 0) is 32.1 Å². The molecule has 3 rings (SSSR count). The van der Waals surface area contributed by atoms with Crippen molar-refractivity contribution in [3.8, 4) is 0 Å². The van der Waals surface area contributed by atoms with E-state index in [1.165, 1.54) is 0 Å². The highest BCUT2D eigenvalue weighted by Gasteiger charge is 2.36. The molecule has 1 N–H and O–H groups in total. The molecule has 23 heavy (non-hydrogen) atoms. The number of carbonyl (C=O) groups is 2. The van der Waals surface area contributed by atoms with Gasteiger partial charge in [-0.2, -0.15) is 0 Å². The van der Waals surface area contributed by atoms with E-state index in [4.69, 9.17) is 9.47 Å². The molecule has 3 fully saturated rings. The molecule has 0 aromatic rings. The minimum Gasteiger partial charge on any atom is -0.348 e. The lowest BCUT2D eigenvalue weighted by Gasteiger charge is -2.37. The SMILES string of the molecule is O=C1CCCN1CCCNC(=O)N1CCCC[C@H]1C1OCCO1. The van der Waals surface area contributed by atoms with Crippen molar-refractivity contribution < 1.29 is 19.1 Å². The van der Waals surface area contributed by atoms with Gasteiger partial charge in [0.2, 0.25) is 5.91 Å². The standard InChI is InChI=1S/C16H27N3O4/c20-14-6-3-8-18(14)9-4-7-17-16(21)19-10-2-1-5-13(19)15-22-11-12-23-15/h13,15H,1-12H2,(H,17,21)/t13-/m0/s1. The number of hydrogen-bond donors (Lipinski definition) is 1. The molecule has 3 heterocycles. The molecule has 0 radical (unpaired) electrons. The Kier molecular flexibility index (Phi) is 5.72. The maximum Gasteiger partial charge on any atom is 0.317 e. The first-order valence-corrected chi connectivity index (χ1v) is 8.81. The van der Waals surface area contributed by atoms with E-state index in [9.17, 15) is 9.59 Å². The van der Waals surface area contributed by atoms with Gasteiger partial charge >= 0.3 is 6.03 Å². The highest BCUT2D eigenvalue weighted by molar-refractivity contribution is 5.78. The smallest absolute Gasteiger partial charge is 0.317 e. The number of rotatable bonds is 5.